The number of hydrogen-bond acceptors (Lipinski definition) is 3. The van der Waals surface area contributed by atoms with E-state index in [9.17, 15) is 9.90 Å². The fraction of sp³-hybridized carbons (Fsp3) is 0.412. The van der Waals surface area contributed by atoms with Crippen molar-refractivity contribution in [2.75, 3.05) is 0 Å². The summed E-state index contributed by atoms with van der Waals surface area (Å²) >= 11 is 5.90. The van der Waals surface area contributed by atoms with Gasteiger partial charge in [0.05, 0.1) is 29.2 Å². The van der Waals surface area contributed by atoms with Crippen molar-refractivity contribution in [3.8, 4) is 5.69 Å². The van der Waals surface area contributed by atoms with Crippen LogP contribution in [0.1, 0.15) is 41.7 Å². The van der Waals surface area contributed by atoms with Crippen LogP contribution in [-0.4, -0.2) is 32.9 Å². The van der Waals surface area contributed by atoms with Gasteiger partial charge in [-0.3, -0.25) is 4.79 Å². The molecule has 1 heterocycles. The van der Waals surface area contributed by atoms with Gasteiger partial charge in [-0.2, -0.15) is 5.10 Å². The smallest absolute Gasteiger partial charge is 0.254 e. The van der Waals surface area contributed by atoms with Crippen LogP contribution in [0.25, 0.3) is 5.69 Å². The third-order valence-corrected chi connectivity index (χ3v) is 4.61. The summed E-state index contributed by atoms with van der Waals surface area (Å²) in [6.07, 6.45) is 4.49. The van der Waals surface area contributed by atoms with Gasteiger partial charge in [0.15, 0.2) is 0 Å². The molecular weight excluding hydrogens is 314 g/mol. The van der Waals surface area contributed by atoms with Gasteiger partial charge >= 0.3 is 0 Å². The largest absolute Gasteiger partial charge is 0.393 e. The van der Waals surface area contributed by atoms with Crippen molar-refractivity contribution < 1.29 is 9.90 Å². The van der Waals surface area contributed by atoms with Gasteiger partial charge in [0.2, 0.25) is 0 Å². The molecule has 122 valence electrons. The number of nitrogens with zero attached hydrogens (tertiary/aromatic N) is 2. The van der Waals surface area contributed by atoms with Crippen LogP contribution >= 0.6 is 11.6 Å². The number of carbonyl (C=O) groups excluding carboxylic acids is 1. The normalized spacial score (nSPS) is 21.2. The van der Waals surface area contributed by atoms with E-state index in [4.69, 9.17) is 11.6 Å². The lowest BCUT2D eigenvalue weighted by Crippen LogP contribution is -2.38. The Morgan fingerprint density at radius 1 is 1.26 bits per heavy atom. The van der Waals surface area contributed by atoms with Crippen LogP contribution < -0.4 is 5.32 Å². The number of halogens is 1. The summed E-state index contributed by atoms with van der Waals surface area (Å²) in [6.45, 7) is 1.88. The third-order valence-electron chi connectivity index (χ3n) is 4.36. The Morgan fingerprint density at radius 3 is 2.57 bits per heavy atom. The predicted octanol–water partition coefficient (Wildman–Crippen LogP) is 2.87. The second-order valence-electron chi connectivity index (χ2n) is 6.01. The van der Waals surface area contributed by atoms with Crippen molar-refractivity contribution >= 4 is 17.5 Å². The first-order valence-electron chi connectivity index (χ1n) is 7.84. The summed E-state index contributed by atoms with van der Waals surface area (Å²) in [7, 11) is 0. The number of aliphatic hydroxyl groups is 1. The second kappa shape index (κ2) is 6.72. The van der Waals surface area contributed by atoms with Gasteiger partial charge < -0.3 is 10.4 Å². The molecule has 0 bridgehead atoms. The number of rotatable bonds is 3. The summed E-state index contributed by atoms with van der Waals surface area (Å²) in [5.74, 6) is -0.107. The van der Waals surface area contributed by atoms with Crippen LogP contribution in [0.15, 0.2) is 30.5 Å². The van der Waals surface area contributed by atoms with Gasteiger partial charge in [0.25, 0.3) is 5.91 Å². The van der Waals surface area contributed by atoms with E-state index in [0.29, 0.717) is 10.6 Å². The number of hydrogen-bond donors (Lipinski definition) is 2. The molecule has 0 unspecified atom stereocenters. The van der Waals surface area contributed by atoms with E-state index in [1.807, 2.05) is 19.1 Å². The summed E-state index contributed by atoms with van der Waals surface area (Å²) < 4.78 is 1.73. The maximum Gasteiger partial charge on any atom is 0.254 e. The lowest BCUT2D eigenvalue weighted by Gasteiger charge is -2.26. The van der Waals surface area contributed by atoms with Gasteiger partial charge in [-0.05, 0) is 56.9 Å². The van der Waals surface area contributed by atoms with Gasteiger partial charge in [0.1, 0.15) is 0 Å². The monoisotopic (exact) mass is 333 g/mol. The molecule has 1 saturated carbocycles. The minimum absolute atomic E-state index is 0.107. The van der Waals surface area contributed by atoms with E-state index < -0.39 is 0 Å². The van der Waals surface area contributed by atoms with E-state index in [2.05, 4.69) is 10.4 Å². The fourth-order valence-corrected chi connectivity index (χ4v) is 3.08. The molecule has 1 aromatic carbocycles. The van der Waals surface area contributed by atoms with Crippen molar-refractivity contribution in [3.63, 3.8) is 0 Å². The third kappa shape index (κ3) is 3.57. The minimum Gasteiger partial charge on any atom is -0.393 e. The zero-order valence-electron chi connectivity index (χ0n) is 13.0. The van der Waals surface area contributed by atoms with Crippen LogP contribution in [-0.2, 0) is 0 Å². The van der Waals surface area contributed by atoms with Gasteiger partial charge in [-0.1, -0.05) is 11.6 Å². The van der Waals surface area contributed by atoms with Crippen molar-refractivity contribution in [2.45, 2.75) is 44.8 Å². The standard InChI is InChI=1S/C17H20ClN3O2/c1-11-16(17(23)20-13-4-8-15(22)9-5-13)10-19-21(11)14-6-2-12(18)3-7-14/h2-3,6-7,10,13,15,22H,4-5,8-9H2,1H3,(H,20,23). The van der Waals surface area contributed by atoms with Crippen molar-refractivity contribution in [1.29, 1.82) is 0 Å². The molecule has 5 nitrogen and oxygen atoms in total. The quantitative estimate of drug-likeness (QED) is 0.907. The van der Waals surface area contributed by atoms with Gasteiger partial charge in [-0.15, -0.1) is 0 Å². The molecule has 1 aliphatic carbocycles. The molecule has 23 heavy (non-hydrogen) atoms. The Kier molecular flexibility index (Phi) is 4.68. The van der Waals surface area contributed by atoms with E-state index >= 15 is 0 Å². The number of carbonyl (C=O) groups is 1. The highest BCUT2D eigenvalue weighted by Crippen LogP contribution is 2.20. The summed E-state index contributed by atoms with van der Waals surface area (Å²) in [5.41, 5.74) is 2.23. The van der Waals surface area contributed by atoms with Crippen LogP contribution in [0.4, 0.5) is 0 Å². The number of benzene rings is 1. The first-order valence-corrected chi connectivity index (χ1v) is 8.22. The first kappa shape index (κ1) is 16.0. The van der Waals surface area contributed by atoms with E-state index in [0.717, 1.165) is 37.1 Å². The Morgan fingerprint density at radius 2 is 1.91 bits per heavy atom. The molecule has 0 saturated heterocycles. The highest BCUT2D eigenvalue weighted by molar-refractivity contribution is 6.30. The topological polar surface area (TPSA) is 67.2 Å². The zero-order chi connectivity index (χ0) is 16.4. The average Bonchev–Trinajstić information content (AvgIpc) is 2.92. The minimum atomic E-state index is -0.224. The summed E-state index contributed by atoms with van der Waals surface area (Å²) in [6, 6.07) is 7.46. The highest BCUT2D eigenvalue weighted by Gasteiger charge is 2.23. The predicted molar refractivity (Wildman–Crippen MR) is 89.0 cm³/mol. The maximum absolute atomic E-state index is 12.5. The van der Waals surface area contributed by atoms with Crippen LogP contribution in [0.2, 0.25) is 5.02 Å². The number of amides is 1. The Hall–Kier alpha value is -1.85. The maximum atomic E-state index is 12.5. The van der Waals surface area contributed by atoms with Crippen molar-refractivity contribution in [2.24, 2.45) is 0 Å². The van der Waals surface area contributed by atoms with Crippen molar-refractivity contribution in [1.82, 2.24) is 15.1 Å². The van der Waals surface area contributed by atoms with Crippen LogP contribution in [0.5, 0.6) is 0 Å². The molecule has 2 N–H and O–H groups in total. The second-order valence-corrected chi connectivity index (χ2v) is 6.45. The van der Waals surface area contributed by atoms with Gasteiger partial charge in [0, 0.05) is 11.1 Å². The lowest BCUT2D eigenvalue weighted by molar-refractivity contribution is 0.0867. The molecule has 0 atom stereocenters. The average molecular weight is 334 g/mol. The Labute approximate surface area is 140 Å². The molecule has 1 aromatic heterocycles. The van der Waals surface area contributed by atoms with Crippen LogP contribution in [0.3, 0.4) is 0 Å². The molecule has 1 fully saturated rings. The molecule has 6 heteroatoms. The highest BCUT2D eigenvalue weighted by atomic mass is 35.5. The number of nitrogens with one attached hydrogen (secondary N) is 1. The van der Waals surface area contributed by atoms with E-state index in [1.54, 1.807) is 23.0 Å². The first-order chi connectivity index (χ1) is 11.0. The molecule has 3 rings (SSSR count). The molecule has 0 radical (unpaired) electrons. The molecule has 1 aliphatic rings. The molecular formula is C17H20ClN3O2. The van der Waals surface area contributed by atoms with E-state index in [1.165, 1.54) is 0 Å². The molecule has 0 aliphatic heterocycles. The zero-order valence-corrected chi connectivity index (χ0v) is 13.8. The molecule has 0 spiro atoms. The summed E-state index contributed by atoms with van der Waals surface area (Å²) in [5, 5.41) is 17.6. The lowest BCUT2D eigenvalue weighted by atomic mass is 9.93. The fourth-order valence-electron chi connectivity index (χ4n) is 2.96. The van der Waals surface area contributed by atoms with Crippen LogP contribution in [0, 0.1) is 6.92 Å². The number of aromatic nitrogens is 2. The summed E-state index contributed by atoms with van der Waals surface area (Å²) in [4.78, 5) is 12.5. The number of aliphatic hydroxyl groups excluding tert-OH is 1. The van der Waals surface area contributed by atoms with Crippen molar-refractivity contribution in [3.05, 3.63) is 46.7 Å². The van der Waals surface area contributed by atoms with Gasteiger partial charge in [-0.25, -0.2) is 4.68 Å². The Balaban J connectivity index is 1.73. The SMILES string of the molecule is Cc1c(C(=O)NC2CCC(O)CC2)cnn1-c1ccc(Cl)cc1. The Bertz CT molecular complexity index is 688. The molecule has 1 amide bonds. The molecule has 2 aromatic rings. The van der Waals surface area contributed by atoms with E-state index in [-0.39, 0.29) is 18.1 Å².